The quantitative estimate of drug-likeness (QED) is 0.550. The molecule has 0 aliphatic carbocycles. The Morgan fingerprint density at radius 2 is 2.07 bits per heavy atom. The van der Waals surface area contributed by atoms with Crippen molar-refractivity contribution in [2.45, 2.75) is 18.8 Å². The number of urea groups is 1. The van der Waals surface area contributed by atoms with Gasteiger partial charge in [-0.3, -0.25) is 9.11 Å². The van der Waals surface area contributed by atoms with Gasteiger partial charge in [-0.1, -0.05) is 12.1 Å². The van der Waals surface area contributed by atoms with Crippen LogP contribution in [0.4, 0.5) is 10.5 Å². The predicted octanol–water partition coefficient (Wildman–Crippen LogP) is 1.13. The number of carbonyl (C=O) groups excluding carboxylic acids is 1. The molecule has 1 saturated heterocycles. The van der Waals surface area contributed by atoms with Gasteiger partial charge in [0.05, 0.1) is 19.3 Å². The second-order valence-corrected chi connectivity index (χ2v) is 8.59. The fourth-order valence-electron chi connectivity index (χ4n) is 3.11. The second-order valence-electron chi connectivity index (χ2n) is 7.01. The first-order chi connectivity index (χ1) is 14.0. The zero-order valence-electron chi connectivity index (χ0n) is 17.3. The first kappa shape index (κ1) is 23.8. The standard InChI is InChI=1S/C20H33N3O5S/c1-3-28-15-19(24)14-22-7-9-23(10-8-22)20(25)21-18-6-4-5-17(13-18)16-29(26)12-11-27-2/h4-6,13,19,24H,3,7-12,14-16H2,1-2H3,(H,21,25). The van der Waals surface area contributed by atoms with Crippen molar-refractivity contribution in [1.82, 2.24) is 9.80 Å². The Morgan fingerprint density at radius 3 is 2.76 bits per heavy atom. The molecule has 1 aliphatic rings. The Bertz CT molecular complexity index is 653. The molecule has 1 aromatic carbocycles. The molecule has 0 spiro atoms. The Labute approximate surface area is 175 Å². The highest BCUT2D eigenvalue weighted by Crippen LogP contribution is 2.14. The molecule has 1 heterocycles. The lowest BCUT2D eigenvalue weighted by Gasteiger charge is -2.35. The van der Waals surface area contributed by atoms with Gasteiger partial charge in [-0.15, -0.1) is 0 Å². The van der Waals surface area contributed by atoms with Gasteiger partial charge < -0.3 is 24.8 Å². The number of nitrogens with one attached hydrogen (secondary N) is 1. The van der Waals surface area contributed by atoms with E-state index in [0.29, 0.717) is 56.6 Å². The molecule has 29 heavy (non-hydrogen) atoms. The Hall–Kier alpha value is -1.52. The Kier molecular flexibility index (Phi) is 10.6. The van der Waals surface area contributed by atoms with E-state index in [1.165, 1.54) is 0 Å². The number of aliphatic hydroxyl groups excluding tert-OH is 1. The molecule has 1 fully saturated rings. The summed E-state index contributed by atoms with van der Waals surface area (Å²) in [6.07, 6.45) is -0.507. The lowest BCUT2D eigenvalue weighted by molar-refractivity contribution is 0.0139. The summed E-state index contributed by atoms with van der Waals surface area (Å²) in [5.41, 5.74) is 1.62. The van der Waals surface area contributed by atoms with Crippen molar-refractivity contribution in [2.75, 3.05) is 70.7 Å². The number of hydrogen-bond donors (Lipinski definition) is 2. The SMILES string of the molecule is CCOCC(O)CN1CCN(C(=O)Nc2cccc(CS(=O)CCOC)c2)CC1. The lowest BCUT2D eigenvalue weighted by Crippen LogP contribution is -2.51. The molecule has 2 unspecified atom stereocenters. The number of amides is 2. The molecule has 2 rings (SSSR count). The molecule has 1 aromatic rings. The number of piperazine rings is 1. The van der Waals surface area contributed by atoms with Crippen LogP contribution >= 0.6 is 0 Å². The zero-order valence-corrected chi connectivity index (χ0v) is 18.2. The van der Waals surface area contributed by atoms with Gasteiger partial charge in [-0.2, -0.15) is 0 Å². The van der Waals surface area contributed by atoms with Gasteiger partial charge in [-0.25, -0.2) is 4.79 Å². The average molecular weight is 428 g/mol. The summed E-state index contributed by atoms with van der Waals surface area (Å²) in [4.78, 5) is 16.5. The number of carbonyl (C=O) groups is 1. The summed E-state index contributed by atoms with van der Waals surface area (Å²) in [6, 6.07) is 7.32. The molecule has 0 radical (unpaired) electrons. The van der Waals surface area contributed by atoms with Crippen LogP contribution in [0.15, 0.2) is 24.3 Å². The van der Waals surface area contributed by atoms with Crippen molar-refractivity contribution in [3.05, 3.63) is 29.8 Å². The number of methoxy groups -OCH3 is 1. The van der Waals surface area contributed by atoms with Crippen LogP contribution in [-0.4, -0.2) is 96.7 Å². The van der Waals surface area contributed by atoms with Crippen LogP contribution in [0.5, 0.6) is 0 Å². The van der Waals surface area contributed by atoms with Crippen LogP contribution in [-0.2, 0) is 26.0 Å². The van der Waals surface area contributed by atoms with Crippen molar-refractivity contribution < 1.29 is 23.6 Å². The predicted molar refractivity (Wildman–Crippen MR) is 115 cm³/mol. The van der Waals surface area contributed by atoms with E-state index in [1.54, 1.807) is 12.0 Å². The first-order valence-electron chi connectivity index (χ1n) is 9.98. The fourth-order valence-corrected chi connectivity index (χ4v) is 4.16. The molecule has 2 atom stereocenters. The van der Waals surface area contributed by atoms with Crippen molar-refractivity contribution >= 4 is 22.5 Å². The minimum absolute atomic E-state index is 0.142. The van der Waals surface area contributed by atoms with Crippen LogP contribution in [0.3, 0.4) is 0 Å². The van der Waals surface area contributed by atoms with Gasteiger partial charge >= 0.3 is 6.03 Å². The monoisotopic (exact) mass is 427 g/mol. The first-order valence-corrected chi connectivity index (χ1v) is 11.5. The highest BCUT2D eigenvalue weighted by molar-refractivity contribution is 7.84. The van der Waals surface area contributed by atoms with E-state index in [4.69, 9.17) is 9.47 Å². The highest BCUT2D eigenvalue weighted by Gasteiger charge is 2.22. The molecule has 0 aromatic heterocycles. The summed E-state index contributed by atoms with van der Waals surface area (Å²) in [7, 11) is 0.603. The Morgan fingerprint density at radius 1 is 1.31 bits per heavy atom. The highest BCUT2D eigenvalue weighted by atomic mass is 32.2. The second kappa shape index (κ2) is 12.9. The largest absolute Gasteiger partial charge is 0.389 e. The molecular formula is C20H33N3O5S. The summed E-state index contributed by atoms with van der Waals surface area (Å²) < 4.78 is 22.2. The fraction of sp³-hybridized carbons (Fsp3) is 0.650. The van der Waals surface area contributed by atoms with E-state index < -0.39 is 16.9 Å². The van der Waals surface area contributed by atoms with E-state index in [0.717, 1.165) is 18.7 Å². The summed E-state index contributed by atoms with van der Waals surface area (Å²) >= 11 is 0. The molecule has 9 heteroatoms. The Balaban J connectivity index is 1.78. The lowest BCUT2D eigenvalue weighted by atomic mass is 10.2. The third-order valence-corrected chi connectivity index (χ3v) is 5.94. The van der Waals surface area contributed by atoms with Gasteiger partial charge in [0, 0.05) is 74.4 Å². The van der Waals surface area contributed by atoms with E-state index in [9.17, 15) is 14.1 Å². The van der Waals surface area contributed by atoms with Crippen LogP contribution in [0.2, 0.25) is 0 Å². The van der Waals surface area contributed by atoms with E-state index in [-0.39, 0.29) is 6.03 Å². The molecule has 8 nitrogen and oxygen atoms in total. The number of aliphatic hydroxyl groups is 1. The third kappa shape index (κ3) is 8.79. The van der Waals surface area contributed by atoms with Crippen molar-refractivity contribution in [2.24, 2.45) is 0 Å². The van der Waals surface area contributed by atoms with Crippen molar-refractivity contribution in [3.63, 3.8) is 0 Å². The molecule has 1 aliphatic heterocycles. The van der Waals surface area contributed by atoms with Crippen molar-refractivity contribution in [1.29, 1.82) is 0 Å². The van der Waals surface area contributed by atoms with Crippen LogP contribution in [0.25, 0.3) is 0 Å². The molecule has 2 amide bonds. The molecule has 0 saturated carbocycles. The van der Waals surface area contributed by atoms with Gasteiger partial charge in [0.25, 0.3) is 0 Å². The van der Waals surface area contributed by atoms with E-state index in [2.05, 4.69) is 10.2 Å². The van der Waals surface area contributed by atoms with Crippen LogP contribution in [0, 0.1) is 0 Å². The number of anilines is 1. The van der Waals surface area contributed by atoms with Crippen LogP contribution < -0.4 is 5.32 Å². The number of rotatable bonds is 11. The van der Waals surface area contributed by atoms with Gasteiger partial charge in [0.15, 0.2) is 0 Å². The van der Waals surface area contributed by atoms with E-state index in [1.807, 2.05) is 31.2 Å². The number of ether oxygens (including phenoxy) is 2. The van der Waals surface area contributed by atoms with E-state index >= 15 is 0 Å². The third-order valence-electron chi connectivity index (χ3n) is 4.66. The molecule has 164 valence electrons. The summed E-state index contributed by atoms with van der Waals surface area (Å²) in [5.74, 6) is 0.937. The smallest absolute Gasteiger partial charge is 0.321 e. The van der Waals surface area contributed by atoms with Gasteiger partial charge in [0.2, 0.25) is 0 Å². The maximum absolute atomic E-state index is 12.6. The van der Waals surface area contributed by atoms with Crippen molar-refractivity contribution in [3.8, 4) is 0 Å². The average Bonchev–Trinajstić information content (AvgIpc) is 2.71. The minimum atomic E-state index is -0.991. The van der Waals surface area contributed by atoms with Gasteiger partial charge in [0.1, 0.15) is 0 Å². The molecule has 2 N–H and O–H groups in total. The summed E-state index contributed by atoms with van der Waals surface area (Å²) in [6.45, 7) is 6.50. The summed E-state index contributed by atoms with van der Waals surface area (Å²) in [5, 5.41) is 12.9. The van der Waals surface area contributed by atoms with Crippen LogP contribution in [0.1, 0.15) is 12.5 Å². The zero-order chi connectivity index (χ0) is 21.1. The number of hydrogen-bond acceptors (Lipinski definition) is 6. The maximum atomic E-state index is 12.6. The normalized spacial score (nSPS) is 17.1. The minimum Gasteiger partial charge on any atom is -0.389 e. The molecular weight excluding hydrogens is 394 g/mol. The number of nitrogens with zero attached hydrogens (tertiary/aromatic N) is 2. The molecule has 0 bridgehead atoms. The number of β-amino-alcohol motifs (C(OH)–C–C–N with tert-alkyl or cyclic N) is 1. The van der Waals surface area contributed by atoms with Gasteiger partial charge in [-0.05, 0) is 24.6 Å². The number of benzene rings is 1. The topological polar surface area (TPSA) is 91.3 Å². The maximum Gasteiger partial charge on any atom is 0.321 e.